The summed E-state index contributed by atoms with van der Waals surface area (Å²) in [5, 5.41) is 0. The molecule has 4 aliphatic rings. The second kappa shape index (κ2) is 8.17. The highest BCUT2D eigenvalue weighted by Crippen LogP contribution is 2.67. The predicted octanol–water partition coefficient (Wildman–Crippen LogP) is 6.35. The molecule has 3 nitrogen and oxygen atoms in total. The van der Waals surface area contributed by atoms with Crippen LogP contribution in [0.2, 0.25) is 0 Å². The molecule has 0 aromatic rings. The first-order chi connectivity index (χ1) is 14.5. The Morgan fingerprint density at radius 2 is 1.74 bits per heavy atom. The summed E-state index contributed by atoms with van der Waals surface area (Å²) < 4.78 is 0. The van der Waals surface area contributed by atoms with Gasteiger partial charge < -0.3 is 4.90 Å². The molecule has 0 radical (unpaired) electrons. The molecule has 3 aliphatic carbocycles. The lowest BCUT2D eigenvalue weighted by Gasteiger charge is -2.61. The third-order valence-corrected chi connectivity index (χ3v) is 10.9. The monoisotopic (exact) mass is 429 g/mol. The molecule has 0 spiro atoms. The predicted molar refractivity (Wildman–Crippen MR) is 126 cm³/mol. The van der Waals surface area contributed by atoms with E-state index in [1.54, 1.807) is 0 Å². The van der Waals surface area contributed by atoms with E-state index < -0.39 is 0 Å². The van der Waals surface area contributed by atoms with Crippen molar-refractivity contribution in [3.8, 4) is 0 Å². The van der Waals surface area contributed by atoms with Gasteiger partial charge in [-0.05, 0) is 72.0 Å². The van der Waals surface area contributed by atoms with Crippen molar-refractivity contribution in [2.45, 2.75) is 105 Å². The van der Waals surface area contributed by atoms with Gasteiger partial charge in [0.2, 0.25) is 5.91 Å². The van der Waals surface area contributed by atoms with Crippen LogP contribution in [0.15, 0.2) is 0 Å². The molecule has 1 saturated heterocycles. The molecular weight excluding hydrogens is 382 g/mol. The Kier molecular flexibility index (Phi) is 6.14. The van der Waals surface area contributed by atoms with Crippen LogP contribution in [0.3, 0.4) is 0 Å². The van der Waals surface area contributed by atoms with Crippen LogP contribution in [-0.2, 0) is 9.59 Å². The molecule has 176 valence electrons. The van der Waals surface area contributed by atoms with Gasteiger partial charge in [-0.15, -0.1) is 0 Å². The molecule has 1 amide bonds. The van der Waals surface area contributed by atoms with Crippen LogP contribution in [0, 0.1) is 52.3 Å². The molecular formula is C28H47NO2. The molecule has 0 aromatic carbocycles. The standard InChI is InChI=1S/C28H47NO2/c1-17(2)9-8-10-18(3)26-19(4)15-21-25-20(11-13-28(21,26)6)27(5)14-12-24(31)29(7)23(27)16-22(25)30/h17-21,23,25-26H,8-16H2,1-7H3/t18-,19?,20+,21+,23-,25-,26+,27-,28+/m1/s1. The van der Waals surface area contributed by atoms with Crippen LogP contribution in [0.5, 0.6) is 0 Å². The average molecular weight is 430 g/mol. The molecule has 3 heteroatoms. The van der Waals surface area contributed by atoms with E-state index in [-0.39, 0.29) is 23.3 Å². The smallest absolute Gasteiger partial charge is 0.222 e. The summed E-state index contributed by atoms with van der Waals surface area (Å²) in [6, 6.07) is 0.122. The summed E-state index contributed by atoms with van der Waals surface area (Å²) in [5.74, 6) is 4.97. The number of nitrogens with zero attached hydrogens (tertiary/aromatic N) is 1. The number of ketones is 1. The Morgan fingerprint density at radius 3 is 2.42 bits per heavy atom. The number of carbonyl (C=O) groups is 2. The summed E-state index contributed by atoms with van der Waals surface area (Å²) in [7, 11) is 1.94. The van der Waals surface area contributed by atoms with E-state index in [0.717, 1.165) is 30.1 Å². The fourth-order valence-electron chi connectivity index (χ4n) is 9.44. The minimum Gasteiger partial charge on any atom is -0.342 e. The fraction of sp³-hybridized carbons (Fsp3) is 0.929. The number of hydrogen-bond acceptors (Lipinski definition) is 2. The Bertz CT molecular complexity index is 716. The molecule has 1 heterocycles. The van der Waals surface area contributed by atoms with E-state index in [0.29, 0.717) is 35.9 Å². The largest absolute Gasteiger partial charge is 0.342 e. The summed E-state index contributed by atoms with van der Waals surface area (Å²) in [6.45, 7) is 14.6. The van der Waals surface area contributed by atoms with E-state index in [1.807, 2.05) is 11.9 Å². The third kappa shape index (κ3) is 3.61. The van der Waals surface area contributed by atoms with Crippen LogP contribution < -0.4 is 0 Å². The second-order valence-corrected chi connectivity index (χ2v) is 13.0. The number of carbonyl (C=O) groups excluding carboxylic acids is 2. The fourth-order valence-corrected chi connectivity index (χ4v) is 9.44. The van der Waals surface area contributed by atoms with Crippen molar-refractivity contribution >= 4 is 11.7 Å². The van der Waals surface area contributed by atoms with Gasteiger partial charge in [-0.1, -0.05) is 60.8 Å². The molecule has 0 aromatic heterocycles. The minimum absolute atomic E-state index is 0.118. The number of hydrogen-bond donors (Lipinski definition) is 0. The van der Waals surface area contributed by atoms with Gasteiger partial charge in [0, 0.05) is 31.8 Å². The van der Waals surface area contributed by atoms with Gasteiger partial charge in [0.1, 0.15) is 5.78 Å². The number of fused-ring (bicyclic) bond motifs is 5. The highest BCUT2D eigenvalue weighted by molar-refractivity contribution is 5.86. The minimum atomic E-state index is 0.118. The van der Waals surface area contributed by atoms with Gasteiger partial charge in [-0.3, -0.25) is 9.59 Å². The highest BCUT2D eigenvalue weighted by atomic mass is 16.2. The van der Waals surface area contributed by atoms with Crippen molar-refractivity contribution in [3.63, 3.8) is 0 Å². The van der Waals surface area contributed by atoms with Crippen molar-refractivity contribution in [3.05, 3.63) is 0 Å². The quantitative estimate of drug-likeness (QED) is 0.510. The number of piperidine rings is 1. The Labute approximate surface area is 191 Å². The SMILES string of the molecule is CC(C)CCC[C@@H](C)[C@H]1C(C)C[C@H]2[C@@H]3C(=O)C[C@H]4N(C)C(=O)CC[C@]4(C)[C@H]3CC[C@]12C. The molecule has 1 aliphatic heterocycles. The molecule has 3 saturated carbocycles. The van der Waals surface area contributed by atoms with Crippen LogP contribution in [0.1, 0.15) is 99.3 Å². The topological polar surface area (TPSA) is 37.4 Å². The van der Waals surface area contributed by atoms with Crippen LogP contribution in [0.4, 0.5) is 0 Å². The second-order valence-electron chi connectivity index (χ2n) is 13.0. The van der Waals surface area contributed by atoms with Crippen LogP contribution in [-0.4, -0.2) is 29.7 Å². The zero-order valence-corrected chi connectivity index (χ0v) is 21.2. The number of Topliss-reactive ketones (excluding diaryl/α,β-unsaturated/α-hetero) is 1. The van der Waals surface area contributed by atoms with E-state index in [2.05, 4.69) is 41.5 Å². The molecule has 9 atom stereocenters. The lowest BCUT2D eigenvalue weighted by Crippen LogP contribution is -2.64. The van der Waals surface area contributed by atoms with Gasteiger partial charge in [-0.2, -0.15) is 0 Å². The maximum Gasteiger partial charge on any atom is 0.222 e. The molecule has 0 N–H and O–H groups in total. The third-order valence-electron chi connectivity index (χ3n) is 10.9. The first kappa shape index (κ1) is 23.3. The lowest BCUT2D eigenvalue weighted by atomic mass is 9.46. The van der Waals surface area contributed by atoms with E-state index in [1.165, 1.54) is 38.5 Å². The van der Waals surface area contributed by atoms with Gasteiger partial charge in [-0.25, -0.2) is 0 Å². The van der Waals surface area contributed by atoms with Gasteiger partial charge >= 0.3 is 0 Å². The summed E-state index contributed by atoms with van der Waals surface area (Å²) >= 11 is 0. The lowest BCUT2D eigenvalue weighted by molar-refractivity contribution is -0.167. The molecule has 4 rings (SSSR count). The average Bonchev–Trinajstić information content (AvgIpc) is 2.96. The highest BCUT2D eigenvalue weighted by Gasteiger charge is 2.65. The summed E-state index contributed by atoms with van der Waals surface area (Å²) in [5.41, 5.74) is 0.430. The number of likely N-dealkylation sites (tertiary alicyclic amines) is 1. The van der Waals surface area contributed by atoms with Gasteiger partial charge in [0.25, 0.3) is 0 Å². The Morgan fingerprint density at radius 1 is 1.03 bits per heavy atom. The van der Waals surface area contributed by atoms with Crippen molar-refractivity contribution < 1.29 is 9.59 Å². The Balaban J connectivity index is 1.58. The van der Waals surface area contributed by atoms with Crippen molar-refractivity contribution in [2.75, 3.05) is 7.05 Å². The normalized spacial score (nSPS) is 46.0. The summed E-state index contributed by atoms with van der Waals surface area (Å²) in [4.78, 5) is 28.0. The number of amides is 1. The maximum absolute atomic E-state index is 13.7. The first-order valence-corrected chi connectivity index (χ1v) is 13.3. The zero-order chi connectivity index (χ0) is 22.7. The van der Waals surface area contributed by atoms with Gasteiger partial charge in [0.15, 0.2) is 0 Å². The van der Waals surface area contributed by atoms with Gasteiger partial charge in [0.05, 0.1) is 0 Å². The summed E-state index contributed by atoms with van der Waals surface area (Å²) in [6.07, 6.45) is 9.93. The molecule has 1 unspecified atom stereocenters. The van der Waals surface area contributed by atoms with Crippen molar-refractivity contribution in [1.82, 2.24) is 4.90 Å². The zero-order valence-electron chi connectivity index (χ0n) is 21.2. The van der Waals surface area contributed by atoms with Crippen LogP contribution in [0.25, 0.3) is 0 Å². The van der Waals surface area contributed by atoms with E-state index in [9.17, 15) is 9.59 Å². The maximum atomic E-state index is 13.7. The molecule has 31 heavy (non-hydrogen) atoms. The van der Waals surface area contributed by atoms with Crippen molar-refractivity contribution in [1.29, 1.82) is 0 Å². The molecule has 4 fully saturated rings. The van der Waals surface area contributed by atoms with E-state index >= 15 is 0 Å². The Hall–Kier alpha value is -0.860. The van der Waals surface area contributed by atoms with E-state index in [4.69, 9.17) is 0 Å². The molecule has 0 bridgehead atoms. The van der Waals surface area contributed by atoms with Crippen molar-refractivity contribution in [2.24, 2.45) is 52.3 Å². The van der Waals surface area contributed by atoms with Crippen LogP contribution >= 0.6 is 0 Å². The number of rotatable bonds is 5. The first-order valence-electron chi connectivity index (χ1n) is 13.3.